The van der Waals surface area contributed by atoms with E-state index >= 15 is 0 Å². The van der Waals surface area contributed by atoms with Crippen LogP contribution >= 0.6 is 0 Å². The van der Waals surface area contributed by atoms with E-state index in [-0.39, 0.29) is 12.3 Å². The van der Waals surface area contributed by atoms with Gasteiger partial charge in [0.25, 0.3) is 0 Å². The molecular weight excluding hydrogens is 294 g/mol. The number of unbranched alkanes of at least 4 members (excludes halogenated alkanes) is 2. The summed E-state index contributed by atoms with van der Waals surface area (Å²) >= 11 is 0. The lowest BCUT2D eigenvalue weighted by Gasteiger charge is -2.10. The Balaban J connectivity index is 0. The van der Waals surface area contributed by atoms with Gasteiger partial charge in [-0.15, -0.1) is 0 Å². The molecule has 0 aliphatic carbocycles. The molecule has 0 saturated heterocycles. The molecule has 0 bridgehead atoms. The van der Waals surface area contributed by atoms with E-state index < -0.39 is 23.3 Å². The van der Waals surface area contributed by atoms with Crippen LogP contribution < -0.4 is 5.32 Å². The molecule has 0 heterocycles. The summed E-state index contributed by atoms with van der Waals surface area (Å²) in [5.74, 6) is -3.40. The van der Waals surface area contributed by atoms with Crippen molar-refractivity contribution in [3.05, 3.63) is 0 Å². The highest BCUT2D eigenvalue weighted by Crippen LogP contribution is 2.14. The van der Waals surface area contributed by atoms with Crippen LogP contribution in [0, 0.1) is 5.41 Å². The van der Waals surface area contributed by atoms with Gasteiger partial charge in [-0.2, -0.15) is 0 Å². The smallest absolute Gasteiger partial charge is 0.320 e. The normalized spacial score (nSPS) is 10.0. The van der Waals surface area contributed by atoms with Crippen molar-refractivity contribution >= 4 is 23.8 Å². The first kappa shape index (κ1) is 22.2. The number of carboxylic acids is 2. The fraction of sp³-hybridized carbons (Fsp3) is 0.714. The number of rotatable bonds is 8. The summed E-state index contributed by atoms with van der Waals surface area (Å²) in [6.07, 6.45) is 3.00. The monoisotopic (exact) mass is 319 g/mol. The van der Waals surface area contributed by atoms with Gasteiger partial charge in [-0.3, -0.25) is 19.2 Å². The van der Waals surface area contributed by atoms with Crippen molar-refractivity contribution in [2.75, 3.05) is 13.7 Å². The standard InChI is InChI=1S/C9H17NO3.C5H8O4/c1-3-4-5-6-10-8(11)7-9(12)13-2;1-5(2,3(6)7)4(8)9/h3-7H2,1-2H3,(H,10,11);1-2H3,(H,6,7)(H,8,9). The molecule has 0 unspecified atom stereocenters. The lowest BCUT2D eigenvalue weighted by atomic mass is 9.95. The number of hydrogen-bond acceptors (Lipinski definition) is 5. The molecule has 22 heavy (non-hydrogen) atoms. The zero-order valence-electron chi connectivity index (χ0n) is 13.5. The number of methoxy groups -OCH3 is 1. The van der Waals surface area contributed by atoms with Crippen LogP contribution in [0.2, 0.25) is 0 Å². The number of esters is 1. The van der Waals surface area contributed by atoms with Crippen molar-refractivity contribution in [2.45, 2.75) is 46.5 Å². The SMILES string of the molecule is CC(C)(C(=O)O)C(=O)O.CCCCCNC(=O)CC(=O)OC. The van der Waals surface area contributed by atoms with Gasteiger partial charge in [0.15, 0.2) is 5.41 Å². The predicted octanol–water partition coefficient (Wildman–Crippen LogP) is 1.04. The van der Waals surface area contributed by atoms with E-state index in [0.717, 1.165) is 33.1 Å². The lowest BCUT2D eigenvalue weighted by Crippen LogP contribution is -2.32. The summed E-state index contributed by atoms with van der Waals surface area (Å²) in [5, 5.41) is 19.1. The maximum atomic E-state index is 11.0. The van der Waals surface area contributed by atoms with Crippen molar-refractivity contribution in [1.82, 2.24) is 5.32 Å². The number of carbonyl (C=O) groups excluding carboxylic acids is 2. The highest BCUT2D eigenvalue weighted by molar-refractivity contribution is 5.97. The molecule has 0 spiro atoms. The number of carbonyl (C=O) groups is 4. The molecule has 3 N–H and O–H groups in total. The lowest BCUT2D eigenvalue weighted by molar-refractivity contribution is -0.161. The predicted molar refractivity (Wildman–Crippen MR) is 78.2 cm³/mol. The molecule has 8 heteroatoms. The molecule has 0 saturated carbocycles. The van der Waals surface area contributed by atoms with E-state index in [0.29, 0.717) is 6.54 Å². The van der Waals surface area contributed by atoms with Crippen LogP contribution in [0.15, 0.2) is 0 Å². The Morgan fingerprint density at radius 1 is 1.05 bits per heavy atom. The minimum Gasteiger partial charge on any atom is -0.480 e. The van der Waals surface area contributed by atoms with E-state index in [1.165, 1.54) is 7.11 Å². The molecule has 0 fully saturated rings. The molecular formula is C14H25NO7. The van der Waals surface area contributed by atoms with E-state index in [4.69, 9.17) is 10.2 Å². The van der Waals surface area contributed by atoms with Crippen molar-refractivity contribution in [3.63, 3.8) is 0 Å². The molecule has 0 aromatic rings. The van der Waals surface area contributed by atoms with Crippen LogP contribution in [0.25, 0.3) is 0 Å². The minimum absolute atomic E-state index is 0.178. The van der Waals surface area contributed by atoms with Crippen molar-refractivity contribution in [3.8, 4) is 0 Å². The fourth-order valence-electron chi connectivity index (χ4n) is 0.960. The second-order valence-electron chi connectivity index (χ2n) is 5.05. The third kappa shape index (κ3) is 10.6. The largest absolute Gasteiger partial charge is 0.480 e. The zero-order chi connectivity index (χ0) is 17.8. The van der Waals surface area contributed by atoms with Gasteiger partial charge < -0.3 is 20.3 Å². The van der Waals surface area contributed by atoms with E-state index in [1.807, 2.05) is 0 Å². The first-order valence-corrected chi connectivity index (χ1v) is 6.89. The van der Waals surface area contributed by atoms with Crippen molar-refractivity contribution in [2.24, 2.45) is 5.41 Å². The Bertz CT molecular complexity index is 375. The Hall–Kier alpha value is -2.12. The second-order valence-corrected chi connectivity index (χ2v) is 5.05. The average Bonchev–Trinajstić information content (AvgIpc) is 2.43. The van der Waals surface area contributed by atoms with Crippen LogP contribution in [0.1, 0.15) is 46.5 Å². The second kappa shape index (κ2) is 11.5. The third-order valence-corrected chi connectivity index (χ3v) is 2.70. The Labute approximate surface area is 129 Å². The highest BCUT2D eigenvalue weighted by atomic mass is 16.5. The fourth-order valence-corrected chi connectivity index (χ4v) is 0.960. The number of nitrogens with one attached hydrogen (secondary N) is 1. The summed E-state index contributed by atoms with van der Waals surface area (Å²) in [7, 11) is 1.27. The summed E-state index contributed by atoms with van der Waals surface area (Å²) in [4.78, 5) is 41.8. The number of ether oxygens (including phenoxy) is 1. The van der Waals surface area contributed by atoms with Crippen LogP contribution in [0.5, 0.6) is 0 Å². The Kier molecular flexibility index (Phi) is 11.6. The molecule has 1 amide bonds. The highest BCUT2D eigenvalue weighted by Gasteiger charge is 2.35. The molecule has 0 aliphatic rings. The van der Waals surface area contributed by atoms with E-state index in [2.05, 4.69) is 17.0 Å². The van der Waals surface area contributed by atoms with Crippen LogP contribution in [-0.4, -0.2) is 47.7 Å². The zero-order valence-corrected chi connectivity index (χ0v) is 13.5. The Morgan fingerprint density at radius 2 is 1.55 bits per heavy atom. The molecule has 0 radical (unpaired) electrons. The van der Waals surface area contributed by atoms with Gasteiger partial charge >= 0.3 is 17.9 Å². The van der Waals surface area contributed by atoms with Gasteiger partial charge in [-0.25, -0.2) is 0 Å². The van der Waals surface area contributed by atoms with Crippen LogP contribution in [-0.2, 0) is 23.9 Å². The molecule has 0 atom stereocenters. The quantitative estimate of drug-likeness (QED) is 0.346. The van der Waals surface area contributed by atoms with Gasteiger partial charge in [-0.05, 0) is 20.3 Å². The number of carboxylic acid groups (broad SMARTS) is 2. The minimum atomic E-state index is -1.67. The topological polar surface area (TPSA) is 130 Å². The molecule has 0 aromatic carbocycles. The molecule has 128 valence electrons. The first-order chi connectivity index (χ1) is 10.1. The summed E-state index contributed by atoms with van der Waals surface area (Å²) in [5.41, 5.74) is -1.67. The molecule has 0 aromatic heterocycles. The van der Waals surface area contributed by atoms with E-state index in [1.54, 1.807) is 0 Å². The number of aliphatic carboxylic acids is 2. The molecule has 8 nitrogen and oxygen atoms in total. The first-order valence-electron chi connectivity index (χ1n) is 6.89. The number of amides is 1. The van der Waals surface area contributed by atoms with Crippen molar-refractivity contribution < 1.29 is 34.1 Å². The van der Waals surface area contributed by atoms with E-state index in [9.17, 15) is 19.2 Å². The van der Waals surface area contributed by atoms with Crippen LogP contribution in [0.3, 0.4) is 0 Å². The van der Waals surface area contributed by atoms with Gasteiger partial charge in [-0.1, -0.05) is 19.8 Å². The Morgan fingerprint density at radius 3 is 1.86 bits per heavy atom. The van der Waals surface area contributed by atoms with Crippen molar-refractivity contribution in [1.29, 1.82) is 0 Å². The molecule has 0 rings (SSSR count). The maximum Gasteiger partial charge on any atom is 0.320 e. The summed E-state index contributed by atoms with van der Waals surface area (Å²) < 4.78 is 4.35. The van der Waals surface area contributed by atoms with Crippen LogP contribution in [0.4, 0.5) is 0 Å². The summed E-state index contributed by atoms with van der Waals surface area (Å²) in [6, 6.07) is 0. The van der Waals surface area contributed by atoms with Gasteiger partial charge in [0.05, 0.1) is 7.11 Å². The average molecular weight is 319 g/mol. The molecule has 0 aliphatic heterocycles. The van der Waals surface area contributed by atoms with Gasteiger partial charge in [0.2, 0.25) is 5.91 Å². The van der Waals surface area contributed by atoms with Gasteiger partial charge in [0, 0.05) is 6.54 Å². The summed E-state index contributed by atoms with van der Waals surface area (Å²) in [6.45, 7) is 5.01. The third-order valence-electron chi connectivity index (χ3n) is 2.70. The maximum absolute atomic E-state index is 11.0. The number of hydrogen-bond donors (Lipinski definition) is 3. The van der Waals surface area contributed by atoms with Gasteiger partial charge in [0.1, 0.15) is 6.42 Å².